The van der Waals surface area contributed by atoms with E-state index in [2.05, 4.69) is 0 Å². The molecule has 1 saturated carbocycles. The van der Waals surface area contributed by atoms with Crippen LogP contribution in [0.3, 0.4) is 0 Å². The average Bonchev–Trinajstić information content (AvgIpc) is 2.85. The molecule has 2 rings (SSSR count). The first-order valence-corrected chi connectivity index (χ1v) is 7.31. The fourth-order valence-corrected chi connectivity index (χ4v) is 3.03. The van der Waals surface area contributed by atoms with Crippen LogP contribution in [0.4, 0.5) is 0 Å². The van der Waals surface area contributed by atoms with E-state index in [0.29, 0.717) is 26.2 Å². The average molecular weight is 304 g/mol. The highest BCUT2D eigenvalue weighted by Gasteiger charge is 2.40. The third-order valence-corrected chi connectivity index (χ3v) is 4.29. The predicted molar refractivity (Wildman–Crippen MR) is 80.6 cm³/mol. The van der Waals surface area contributed by atoms with E-state index in [1.54, 1.807) is 0 Å². The standard InChI is InChI=1S/C14H25N3O2.ClH/c1-11(2)12(18)16-7-9-17(10-8-16)13(19)14(15)5-3-4-6-14;/h11H,3-10,15H2,1-2H3;1H. The van der Waals surface area contributed by atoms with Gasteiger partial charge in [0.1, 0.15) is 0 Å². The lowest BCUT2D eigenvalue weighted by atomic mass is 9.96. The van der Waals surface area contributed by atoms with Crippen LogP contribution in [-0.4, -0.2) is 53.3 Å². The molecule has 116 valence electrons. The van der Waals surface area contributed by atoms with E-state index < -0.39 is 5.54 Å². The van der Waals surface area contributed by atoms with Gasteiger partial charge < -0.3 is 15.5 Å². The Hall–Kier alpha value is -0.810. The molecular formula is C14H26ClN3O2. The molecule has 20 heavy (non-hydrogen) atoms. The Balaban J connectivity index is 0.00000200. The van der Waals surface area contributed by atoms with Gasteiger partial charge in [0, 0.05) is 32.1 Å². The lowest BCUT2D eigenvalue weighted by molar-refractivity contribution is -0.144. The van der Waals surface area contributed by atoms with Crippen molar-refractivity contribution >= 4 is 24.2 Å². The molecule has 0 bridgehead atoms. The van der Waals surface area contributed by atoms with E-state index >= 15 is 0 Å². The van der Waals surface area contributed by atoms with Gasteiger partial charge in [-0.25, -0.2) is 0 Å². The molecule has 0 unspecified atom stereocenters. The van der Waals surface area contributed by atoms with Crippen molar-refractivity contribution in [1.82, 2.24) is 9.80 Å². The number of piperazine rings is 1. The van der Waals surface area contributed by atoms with Crippen LogP contribution in [0.1, 0.15) is 39.5 Å². The molecule has 6 heteroatoms. The van der Waals surface area contributed by atoms with Gasteiger partial charge in [0.05, 0.1) is 5.54 Å². The van der Waals surface area contributed by atoms with Gasteiger partial charge in [0.25, 0.3) is 0 Å². The van der Waals surface area contributed by atoms with Crippen molar-refractivity contribution in [3.63, 3.8) is 0 Å². The summed E-state index contributed by atoms with van der Waals surface area (Å²) in [6.45, 7) is 6.34. The zero-order valence-corrected chi connectivity index (χ0v) is 13.2. The Morgan fingerprint density at radius 1 is 1.00 bits per heavy atom. The summed E-state index contributed by atoms with van der Waals surface area (Å²) in [5.74, 6) is 0.287. The van der Waals surface area contributed by atoms with Gasteiger partial charge in [0.15, 0.2) is 0 Å². The first-order valence-electron chi connectivity index (χ1n) is 7.31. The number of nitrogens with two attached hydrogens (primary N) is 1. The molecule has 2 N–H and O–H groups in total. The van der Waals surface area contributed by atoms with Gasteiger partial charge in [-0.05, 0) is 12.8 Å². The van der Waals surface area contributed by atoms with Crippen molar-refractivity contribution in [2.75, 3.05) is 26.2 Å². The maximum Gasteiger partial charge on any atom is 0.242 e. The number of nitrogens with zero attached hydrogens (tertiary/aromatic N) is 2. The Morgan fingerprint density at radius 3 is 1.90 bits per heavy atom. The van der Waals surface area contributed by atoms with Gasteiger partial charge in [-0.3, -0.25) is 9.59 Å². The van der Waals surface area contributed by atoms with Gasteiger partial charge >= 0.3 is 0 Å². The minimum Gasteiger partial charge on any atom is -0.339 e. The highest BCUT2D eigenvalue weighted by atomic mass is 35.5. The van der Waals surface area contributed by atoms with E-state index in [1.165, 1.54) is 0 Å². The largest absolute Gasteiger partial charge is 0.339 e. The molecule has 1 aliphatic heterocycles. The Labute approximate surface area is 127 Å². The number of rotatable bonds is 2. The predicted octanol–water partition coefficient (Wildman–Crippen LogP) is 1.01. The van der Waals surface area contributed by atoms with E-state index in [4.69, 9.17) is 5.73 Å². The number of amides is 2. The maximum atomic E-state index is 12.4. The van der Waals surface area contributed by atoms with Gasteiger partial charge in [-0.2, -0.15) is 0 Å². The number of carbonyl (C=O) groups is 2. The quantitative estimate of drug-likeness (QED) is 0.828. The van der Waals surface area contributed by atoms with Crippen LogP contribution in [0.5, 0.6) is 0 Å². The van der Waals surface area contributed by atoms with Gasteiger partial charge in [-0.1, -0.05) is 26.7 Å². The second kappa shape index (κ2) is 6.76. The first-order chi connectivity index (χ1) is 8.94. The van der Waals surface area contributed by atoms with Gasteiger partial charge in [-0.15, -0.1) is 12.4 Å². The zero-order chi connectivity index (χ0) is 14.0. The Bertz CT molecular complexity index is 359. The molecule has 0 radical (unpaired) electrons. The summed E-state index contributed by atoms with van der Waals surface area (Å²) in [4.78, 5) is 28.0. The maximum absolute atomic E-state index is 12.4. The zero-order valence-electron chi connectivity index (χ0n) is 12.4. The van der Waals surface area contributed by atoms with Crippen LogP contribution in [-0.2, 0) is 9.59 Å². The van der Waals surface area contributed by atoms with E-state index in [-0.39, 0.29) is 30.1 Å². The van der Waals surface area contributed by atoms with E-state index in [9.17, 15) is 9.59 Å². The minimum atomic E-state index is -0.635. The summed E-state index contributed by atoms with van der Waals surface area (Å²) in [5.41, 5.74) is 5.57. The fourth-order valence-electron chi connectivity index (χ4n) is 3.03. The minimum absolute atomic E-state index is 0. The first kappa shape index (κ1) is 17.2. The number of hydrogen-bond acceptors (Lipinski definition) is 3. The van der Waals surface area contributed by atoms with Crippen LogP contribution in [0.25, 0.3) is 0 Å². The summed E-state index contributed by atoms with van der Waals surface area (Å²) in [7, 11) is 0. The highest BCUT2D eigenvalue weighted by Crippen LogP contribution is 2.29. The van der Waals surface area contributed by atoms with E-state index in [1.807, 2.05) is 23.6 Å². The summed E-state index contributed by atoms with van der Waals surface area (Å²) in [6.07, 6.45) is 3.70. The Morgan fingerprint density at radius 2 is 1.45 bits per heavy atom. The molecule has 1 heterocycles. The lowest BCUT2D eigenvalue weighted by Gasteiger charge is -2.39. The second-order valence-corrected chi connectivity index (χ2v) is 6.14. The summed E-state index contributed by atoms with van der Waals surface area (Å²) < 4.78 is 0. The molecule has 2 amide bonds. The van der Waals surface area contributed by atoms with Crippen LogP contribution < -0.4 is 5.73 Å². The molecule has 2 aliphatic rings. The molecule has 5 nitrogen and oxygen atoms in total. The van der Waals surface area contributed by atoms with Crippen molar-refractivity contribution in [2.45, 2.75) is 45.1 Å². The van der Waals surface area contributed by atoms with Crippen molar-refractivity contribution in [1.29, 1.82) is 0 Å². The van der Waals surface area contributed by atoms with Crippen molar-refractivity contribution in [3.8, 4) is 0 Å². The number of carbonyl (C=O) groups excluding carboxylic acids is 2. The van der Waals surface area contributed by atoms with Crippen LogP contribution >= 0.6 is 12.4 Å². The van der Waals surface area contributed by atoms with Crippen LogP contribution in [0, 0.1) is 5.92 Å². The number of halogens is 1. The Kier molecular flexibility index (Phi) is 5.83. The molecule has 2 fully saturated rings. The molecular weight excluding hydrogens is 278 g/mol. The van der Waals surface area contributed by atoms with Gasteiger partial charge in [0.2, 0.25) is 11.8 Å². The second-order valence-electron chi connectivity index (χ2n) is 6.14. The third-order valence-electron chi connectivity index (χ3n) is 4.29. The summed E-state index contributed by atoms with van der Waals surface area (Å²) in [5, 5.41) is 0. The molecule has 0 spiro atoms. The monoisotopic (exact) mass is 303 g/mol. The van der Waals surface area contributed by atoms with Crippen LogP contribution in [0.15, 0.2) is 0 Å². The summed E-state index contributed by atoms with van der Waals surface area (Å²) in [6, 6.07) is 0. The number of hydrogen-bond donors (Lipinski definition) is 1. The molecule has 1 aliphatic carbocycles. The fraction of sp³-hybridized carbons (Fsp3) is 0.857. The van der Waals surface area contributed by atoms with Crippen molar-refractivity contribution in [2.24, 2.45) is 11.7 Å². The third kappa shape index (κ3) is 3.44. The molecule has 0 aromatic heterocycles. The van der Waals surface area contributed by atoms with E-state index in [0.717, 1.165) is 25.7 Å². The van der Waals surface area contributed by atoms with Crippen LogP contribution in [0.2, 0.25) is 0 Å². The molecule has 1 saturated heterocycles. The highest BCUT2D eigenvalue weighted by molar-refractivity contribution is 5.87. The SMILES string of the molecule is CC(C)C(=O)N1CCN(C(=O)C2(N)CCCC2)CC1.Cl. The normalized spacial score (nSPS) is 21.8. The van der Waals surface area contributed by atoms with Crippen molar-refractivity contribution in [3.05, 3.63) is 0 Å². The molecule has 0 atom stereocenters. The molecule has 0 aromatic carbocycles. The summed E-state index contributed by atoms with van der Waals surface area (Å²) >= 11 is 0. The topological polar surface area (TPSA) is 66.6 Å². The smallest absolute Gasteiger partial charge is 0.242 e. The van der Waals surface area contributed by atoms with Crippen molar-refractivity contribution < 1.29 is 9.59 Å². The molecule has 0 aromatic rings. The lowest BCUT2D eigenvalue weighted by Crippen LogP contribution is -2.59.